The second-order valence-electron chi connectivity index (χ2n) is 5.89. The SMILES string of the molecule is CN(C1CCCCC1)S(=O)(=O)N1CCCN(C(N)=O)CC1. The number of amides is 2. The van der Waals surface area contributed by atoms with Gasteiger partial charge in [0.1, 0.15) is 0 Å². The number of nitrogens with zero attached hydrogens (tertiary/aromatic N) is 3. The molecule has 0 aromatic rings. The highest BCUT2D eigenvalue weighted by atomic mass is 32.2. The number of rotatable bonds is 3. The highest BCUT2D eigenvalue weighted by Crippen LogP contribution is 2.25. The first-order valence-corrected chi connectivity index (χ1v) is 9.10. The number of urea groups is 1. The summed E-state index contributed by atoms with van der Waals surface area (Å²) < 4.78 is 28.5. The van der Waals surface area contributed by atoms with Crippen LogP contribution in [0.3, 0.4) is 0 Å². The van der Waals surface area contributed by atoms with Crippen LogP contribution < -0.4 is 5.73 Å². The van der Waals surface area contributed by atoms with Crippen molar-refractivity contribution in [3.05, 3.63) is 0 Å². The van der Waals surface area contributed by atoms with E-state index in [4.69, 9.17) is 5.73 Å². The first-order chi connectivity index (χ1) is 9.93. The topological polar surface area (TPSA) is 87.0 Å². The van der Waals surface area contributed by atoms with E-state index in [2.05, 4.69) is 0 Å². The van der Waals surface area contributed by atoms with Crippen molar-refractivity contribution < 1.29 is 13.2 Å². The molecule has 0 bridgehead atoms. The van der Waals surface area contributed by atoms with E-state index >= 15 is 0 Å². The van der Waals surface area contributed by atoms with Gasteiger partial charge in [0.2, 0.25) is 0 Å². The van der Waals surface area contributed by atoms with Crippen molar-refractivity contribution in [2.24, 2.45) is 5.73 Å². The quantitative estimate of drug-likeness (QED) is 0.826. The van der Waals surface area contributed by atoms with Crippen molar-refractivity contribution in [1.82, 2.24) is 13.5 Å². The Hall–Kier alpha value is -0.860. The van der Waals surface area contributed by atoms with Crippen LogP contribution in [0, 0.1) is 0 Å². The van der Waals surface area contributed by atoms with Crippen LogP contribution in [0.25, 0.3) is 0 Å². The van der Waals surface area contributed by atoms with Gasteiger partial charge in [0.05, 0.1) is 0 Å². The molecule has 1 saturated carbocycles. The maximum atomic E-state index is 12.7. The Morgan fingerprint density at radius 2 is 1.71 bits per heavy atom. The van der Waals surface area contributed by atoms with Crippen LogP contribution in [0.15, 0.2) is 0 Å². The molecule has 0 unspecified atom stereocenters. The third-order valence-corrected chi connectivity index (χ3v) is 6.59. The van der Waals surface area contributed by atoms with Gasteiger partial charge in [-0.25, -0.2) is 4.79 Å². The maximum Gasteiger partial charge on any atom is 0.314 e. The van der Waals surface area contributed by atoms with Crippen LogP contribution in [0.5, 0.6) is 0 Å². The van der Waals surface area contributed by atoms with E-state index in [0.29, 0.717) is 32.6 Å². The number of hydrogen-bond donors (Lipinski definition) is 1. The zero-order valence-electron chi connectivity index (χ0n) is 12.7. The van der Waals surface area contributed by atoms with Gasteiger partial charge in [-0.3, -0.25) is 0 Å². The van der Waals surface area contributed by atoms with Crippen molar-refractivity contribution in [1.29, 1.82) is 0 Å². The Morgan fingerprint density at radius 3 is 2.33 bits per heavy atom. The summed E-state index contributed by atoms with van der Waals surface area (Å²) in [7, 11) is -1.76. The molecule has 1 heterocycles. The van der Waals surface area contributed by atoms with E-state index in [1.54, 1.807) is 7.05 Å². The molecule has 0 atom stereocenters. The Kier molecular flexibility index (Phi) is 5.45. The number of carbonyl (C=O) groups is 1. The number of hydrogen-bond acceptors (Lipinski definition) is 3. The molecule has 8 heteroatoms. The molecular formula is C13H26N4O3S. The van der Waals surface area contributed by atoms with E-state index in [0.717, 1.165) is 25.7 Å². The second-order valence-corrected chi connectivity index (χ2v) is 7.88. The standard InChI is InChI=1S/C13H26N4O3S/c1-15(12-6-3-2-4-7-12)21(19,20)17-9-5-8-16(10-11-17)13(14)18/h12H,2-11H2,1H3,(H2,14,18). The van der Waals surface area contributed by atoms with Crippen LogP contribution in [-0.2, 0) is 10.2 Å². The van der Waals surface area contributed by atoms with E-state index in [1.165, 1.54) is 19.9 Å². The normalized spacial score (nSPS) is 23.2. The lowest BCUT2D eigenvalue weighted by Gasteiger charge is -2.34. The Morgan fingerprint density at radius 1 is 1.05 bits per heavy atom. The van der Waals surface area contributed by atoms with Gasteiger partial charge >= 0.3 is 6.03 Å². The molecule has 2 N–H and O–H groups in total. The average molecular weight is 318 g/mol. The molecule has 0 radical (unpaired) electrons. The van der Waals surface area contributed by atoms with Crippen molar-refractivity contribution >= 4 is 16.2 Å². The van der Waals surface area contributed by atoms with Crippen LogP contribution in [0.2, 0.25) is 0 Å². The molecular weight excluding hydrogens is 292 g/mol. The lowest BCUT2D eigenvalue weighted by molar-refractivity contribution is 0.209. The highest BCUT2D eigenvalue weighted by Gasteiger charge is 2.33. The van der Waals surface area contributed by atoms with Crippen LogP contribution in [0.1, 0.15) is 38.5 Å². The van der Waals surface area contributed by atoms with Crippen molar-refractivity contribution in [3.63, 3.8) is 0 Å². The highest BCUT2D eigenvalue weighted by molar-refractivity contribution is 7.86. The fourth-order valence-electron chi connectivity index (χ4n) is 3.16. The summed E-state index contributed by atoms with van der Waals surface area (Å²) in [4.78, 5) is 12.7. The molecule has 0 aromatic heterocycles. The minimum atomic E-state index is -3.45. The zero-order chi connectivity index (χ0) is 15.5. The zero-order valence-corrected chi connectivity index (χ0v) is 13.5. The predicted octanol–water partition coefficient (Wildman–Crippen LogP) is 0.582. The summed E-state index contributed by atoms with van der Waals surface area (Å²) in [6.45, 7) is 1.66. The first-order valence-electron chi connectivity index (χ1n) is 7.70. The molecule has 21 heavy (non-hydrogen) atoms. The van der Waals surface area contributed by atoms with Gasteiger partial charge in [0.15, 0.2) is 0 Å². The molecule has 0 spiro atoms. The smallest absolute Gasteiger partial charge is 0.314 e. The minimum Gasteiger partial charge on any atom is -0.351 e. The molecule has 1 saturated heterocycles. The van der Waals surface area contributed by atoms with Gasteiger partial charge in [0.25, 0.3) is 10.2 Å². The van der Waals surface area contributed by atoms with Gasteiger partial charge < -0.3 is 10.6 Å². The molecule has 2 fully saturated rings. The second kappa shape index (κ2) is 6.93. The lowest BCUT2D eigenvalue weighted by Crippen LogP contribution is -2.48. The van der Waals surface area contributed by atoms with Crippen LogP contribution >= 0.6 is 0 Å². The summed E-state index contributed by atoms with van der Waals surface area (Å²) in [5, 5.41) is 0. The molecule has 1 aliphatic carbocycles. The molecule has 2 rings (SSSR count). The summed E-state index contributed by atoms with van der Waals surface area (Å²) in [5.41, 5.74) is 5.28. The Balaban J connectivity index is 2.02. The number of nitrogens with two attached hydrogens (primary N) is 1. The predicted molar refractivity (Wildman–Crippen MR) is 80.9 cm³/mol. The molecule has 7 nitrogen and oxygen atoms in total. The van der Waals surface area contributed by atoms with E-state index < -0.39 is 16.2 Å². The number of carbonyl (C=O) groups excluding carboxylic acids is 1. The fraction of sp³-hybridized carbons (Fsp3) is 0.923. The van der Waals surface area contributed by atoms with Crippen molar-refractivity contribution in [2.45, 2.75) is 44.6 Å². The summed E-state index contributed by atoms with van der Waals surface area (Å²) >= 11 is 0. The summed E-state index contributed by atoms with van der Waals surface area (Å²) in [6.07, 6.45) is 5.90. The lowest BCUT2D eigenvalue weighted by atomic mass is 9.96. The molecule has 1 aliphatic heterocycles. The monoisotopic (exact) mass is 318 g/mol. The van der Waals surface area contributed by atoms with E-state index in [9.17, 15) is 13.2 Å². The van der Waals surface area contributed by atoms with Crippen molar-refractivity contribution in [3.8, 4) is 0 Å². The Bertz CT molecular complexity index is 462. The maximum absolute atomic E-state index is 12.7. The van der Waals surface area contributed by atoms with Gasteiger partial charge in [-0.15, -0.1) is 0 Å². The van der Waals surface area contributed by atoms with E-state index in [1.807, 2.05) is 0 Å². The van der Waals surface area contributed by atoms with Gasteiger partial charge in [-0.2, -0.15) is 17.0 Å². The summed E-state index contributed by atoms with van der Waals surface area (Å²) in [5.74, 6) is 0. The van der Waals surface area contributed by atoms with E-state index in [-0.39, 0.29) is 6.04 Å². The van der Waals surface area contributed by atoms with Crippen LogP contribution in [0.4, 0.5) is 4.79 Å². The Labute approximate surface area is 127 Å². The molecule has 2 aliphatic rings. The fourth-order valence-corrected chi connectivity index (χ4v) is 4.78. The number of primary amides is 1. The van der Waals surface area contributed by atoms with Gasteiger partial charge in [-0.05, 0) is 19.3 Å². The first kappa shape index (κ1) is 16.5. The third-order valence-electron chi connectivity index (χ3n) is 4.55. The van der Waals surface area contributed by atoms with Crippen LogP contribution in [-0.4, -0.2) is 67.2 Å². The molecule has 122 valence electrons. The minimum absolute atomic E-state index is 0.110. The van der Waals surface area contributed by atoms with Crippen molar-refractivity contribution in [2.75, 3.05) is 33.2 Å². The third kappa shape index (κ3) is 3.87. The van der Waals surface area contributed by atoms with Gasteiger partial charge in [-0.1, -0.05) is 19.3 Å². The molecule has 0 aromatic carbocycles. The largest absolute Gasteiger partial charge is 0.351 e. The molecule has 2 amide bonds. The average Bonchev–Trinajstić information content (AvgIpc) is 2.73. The van der Waals surface area contributed by atoms with Gasteiger partial charge in [0, 0.05) is 39.3 Å². The summed E-state index contributed by atoms with van der Waals surface area (Å²) in [6, 6.07) is -0.367.